The van der Waals surface area contributed by atoms with Crippen molar-refractivity contribution in [3.8, 4) is 0 Å². The zero-order valence-electron chi connectivity index (χ0n) is 15.5. The first-order valence-electron chi connectivity index (χ1n) is 9.56. The van der Waals surface area contributed by atoms with Gasteiger partial charge in [-0.05, 0) is 37.0 Å². The van der Waals surface area contributed by atoms with E-state index >= 15 is 0 Å². The second-order valence-corrected chi connectivity index (χ2v) is 7.03. The molecule has 5 nitrogen and oxygen atoms in total. The monoisotopic (exact) mass is 352 g/mol. The fourth-order valence-corrected chi connectivity index (χ4v) is 3.61. The maximum Gasteiger partial charge on any atom is 0.220 e. The number of aromatic nitrogens is 2. The second kappa shape index (κ2) is 9.32. The van der Waals surface area contributed by atoms with Crippen LogP contribution in [0.25, 0.3) is 0 Å². The first-order chi connectivity index (χ1) is 12.7. The Kier molecular flexibility index (Phi) is 6.58. The number of carbonyl (C=O) groups is 1. The number of hydrogen-bond donors (Lipinski definition) is 1. The normalized spacial score (nSPS) is 14.8. The molecule has 1 N–H and O–H groups in total. The van der Waals surface area contributed by atoms with Crippen LogP contribution < -0.4 is 10.2 Å². The summed E-state index contributed by atoms with van der Waals surface area (Å²) in [5.74, 6) is 1.05. The van der Waals surface area contributed by atoms with E-state index in [1.165, 1.54) is 32.1 Å². The van der Waals surface area contributed by atoms with Gasteiger partial charge in [0.1, 0.15) is 5.82 Å². The Morgan fingerprint density at radius 2 is 2.00 bits per heavy atom. The lowest BCUT2D eigenvalue weighted by atomic mass is 9.94. The summed E-state index contributed by atoms with van der Waals surface area (Å²) in [5, 5.41) is 3.04. The van der Waals surface area contributed by atoms with Gasteiger partial charge < -0.3 is 10.2 Å². The van der Waals surface area contributed by atoms with Gasteiger partial charge in [-0.1, -0.05) is 31.4 Å². The minimum Gasteiger partial charge on any atom is -0.356 e. The van der Waals surface area contributed by atoms with Crippen LogP contribution >= 0.6 is 0 Å². The van der Waals surface area contributed by atoms with E-state index in [1.807, 2.05) is 30.6 Å². The molecule has 0 unspecified atom stereocenters. The number of nitrogens with one attached hydrogen (secondary N) is 1. The molecule has 0 bridgehead atoms. The molecule has 1 saturated carbocycles. The quantitative estimate of drug-likeness (QED) is 0.829. The van der Waals surface area contributed by atoms with Crippen LogP contribution in [0.5, 0.6) is 0 Å². The lowest BCUT2D eigenvalue weighted by Crippen LogP contribution is -2.35. The first kappa shape index (κ1) is 18.4. The van der Waals surface area contributed by atoms with Crippen molar-refractivity contribution < 1.29 is 4.79 Å². The lowest BCUT2D eigenvalue weighted by Gasteiger charge is -2.33. The van der Waals surface area contributed by atoms with Gasteiger partial charge in [0.15, 0.2) is 0 Å². The number of anilines is 1. The van der Waals surface area contributed by atoms with Crippen molar-refractivity contribution in [3.05, 3.63) is 54.0 Å². The van der Waals surface area contributed by atoms with Gasteiger partial charge in [0.25, 0.3) is 0 Å². The molecular formula is C21H28N4O. The van der Waals surface area contributed by atoms with E-state index in [0.717, 1.165) is 16.9 Å². The summed E-state index contributed by atoms with van der Waals surface area (Å²) in [7, 11) is 2.13. The van der Waals surface area contributed by atoms with Gasteiger partial charge in [-0.3, -0.25) is 9.78 Å². The lowest BCUT2D eigenvalue weighted by molar-refractivity contribution is -0.121. The summed E-state index contributed by atoms with van der Waals surface area (Å²) in [6.07, 6.45) is 13.0. The second-order valence-electron chi connectivity index (χ2n) is 7.03. The highest BCUT2D eigenvalue weighted by Crippen LogP contribution is 2.26. The maximum absolute atomic E-state index is 12.2. The zero-order valence-corrected chi connectivity index (χ0v) is 15.5. The van der Waals surface area contributed by atoms with Gasteiger partial charge in [-0.2, -0.15) is 0 Å². The summed E-state index contributed by atoms with van der Waals surface area (Å²) >= 11 is 0. The number of pyridine rings is 2. The van der Waals surface area contributed by atoms with E-state index in [2.05, 4.69) is 33.3 Å². The molecule has 3 rings (SSSR count). The minimum atomic E-state index is 0.0592. The van der Waals surface area contributed by atoms with Gasteiger partial charge in [0.2, 0.25) is 5.91 Å². The van der Waals surface area contributed by atoms with Crippen LogP contribution in [0.15, 0.2) is 42.9 Å². The maximum atomic E-state index is 12.2. The van der Waals surface area contributed by atoms with E-state index in [4.69, 9.17) is 0 Å². The molecule has 0 radical (unpaired) electrons. The third-order valence-electron chi connectivity index (χ3n) is 5.16. The molecule has 1 fully saturated rings. The van der Waals surface area contributed by atoms with Crippen LogP contribution in [0.3, 0.4) is 0 Å². The highest BCUT2D eigenvalue weighted by atomic mass is 16.1. The van der Waals surface area contributed by atoms with Crippen LogP contribution in [0, 0.1) is 0 Å². The molecule has 0 spiro atoms. The molecule has 138 valence electrons. The number of amides is 1. The van der Waals surface area contributed by atoms with Gasteiger partial charge >= 0.3 is 0 Å². The third kappa shape index (κ3) is 5.04. The molecule has 26 heavy (non-hydrogen) atoms. The third-order valence-corrected chi connectivity index (χ3v) is 5.16. The number of hydrogen-bond acceptors (Lipinski definition) is 4. The van der Waals surface area contributed by atoms with Gasteiger partial charge in [-0.15, -0.1) is 0 Å². The fraction of sp³-hybridized carbons (Fsp3) is 0.476. The van der Waals surface area contributed by atoms with Crippen LogP contribution in [-0.4, -0.2) is 29.0 Å². The standard InChI is InChI=1S/C21H28N4O/c1-25(19-9-3-2-4-10-19)21-18(8-6-14-23-21)16-24-20(26)12-11-17-7-5-13-22-15-17/h5-8,13-15,19H,2-4,9-12,16H2,1H3,(H,24,26). The van der Waals surface area contributed by atoms with Crippen molar-refractivity contribution in [1.82, 2.24) is 15.3 Å². The number of nitrogens with zero attached hydrogens (tertiary/aromatic N) is 3. The summed E-state index contributed by atoms with van der Waals surface area (Å²) in [5.41, 5.74) is 2.16. The number of rotatable bonds is 7. The van der Waals surface area contributed by atoms with Gasteiger partial charge in [-0.25, -0.2) is 4.98 Å². The minimum absolute atomic E-state index is 0.0592. The first-order valence-corrected chi connectivity index (χ1v) is 9.56. The largest absolute Gasteiger partial charge is 0.356 e. The van der Waals surface area contributed by atoms with E-state index in [9.17, 15) is 4.79 Å². The summed E-state index contributed by atoms with van der Waals surface area (Å²) in [6.45, 7) is 0.520. The Morgan fingerprint density at radius 3 is 2.77 bits per heavy atom. The molecule has 0 aromatic carbocycles. The summed E-state index contributed by atoms with van der Waals surface area (Å²) in [6, 6.07) is 8.45. The van der Waals surface area contributed by atoms with Crippen molar-refractivity contribution in [3.63, 3.8) is 0 Å². The molecule has 2 heterocycles. The number of aryl methyl sites for hydroxylation is 1. The SMILES string of the molecule is CN(c1ncccc1CNC(=O)CCc1cccnc1)C1CCCCC1. The molecule has 2 aromatic rings. The Balaban J connectivity index is 1.55. The van der Waals surface area contributed by atoms with Crippen molar-refractivity contribution in [2.45, 2.75) is 57.5 Å². The zero-order chi connectivity index (χ0) is 18.2. The predicted molar refractivity (Wildman–Crippen MR) is 104 cm³/mol. The van der Waals surface area contributed by atoms with E-state index in [1.54, 1.807) is 6.20 Å². The van der Waals surface area contributed by atoms with Crippen LogP contribution in [0.4, 0.5) is 5.82 Å². The highest BCUT2D eigenvalue weighted by Gasteiger charge is 2.21. The van der Waals surface area contributed by atoms with Crippen molar-refractivity contribution in [1.29, 1.82) is 0 Å². The van der Waals surface area contributed by atoms with Crippen LogP contribution in [-0.2, 0) is 17.8 Å². The van der Waals surface area contributed by atoms with Crippen molar-refractivity contribution >= 4 is 11.7 Å². The average molecular weight is 352 g/mol. The van der Waals surface area contributed by atoms with Gasteiger partial charge in [0.05, 0.1) is 0 Å². The molecule has 0 atom stereocenters. The Labute approximate surface area is 155 Å². The smallest absolute Gasteiger partial charge is 0.220 e. The molecule has 1 aliphatic carbocycles. The fourth-order valence-electron chi connectivity index (χ4n) is 3.61. The predicted octanol–water partition coefficient (Wildman–Crippen LogP) is 3.49. The molecule has 1 aliphatic rings. The van der Waals surface area contributed by atoms with Gasteiger partial charge in [0, 0.05) is 50.2 Å². The molecule has 0 saturated heterocycles. The summed E-state index contributed by atoms with van der Waals surface area (Å²) < 4.78 is 0. The molecule has 5 heteroatoms. The molecule has 0 aliphatic heterocycles. The van der Waals surface area contributed by atoms with E-state index in [0.29, 0.717) is 25.4 Å². The Hall–Kier alpha value is -2.43. The highest BCUT2D eigenvalue weighted by molar-refractivity contribution is 5.76. The van der Waals surface area contributed by atoms with E-state index < -0.39 is 0 Å². The van der Waals surface area contributed by atoms with Crippen molar-refractivity contribution in [2.24, 2.45) is 0 Å². The number of carbonyl (C=O) groups excluding carboxylic acids is 1. The molecule has 2 aromatic heterocycles. The average Bonchev–Trinajstić information content (AvgIpc) is 2.72. The van der Waals surface area contributed by atoms with E-state index in [-0.39, 0.29) is 5.91 Å². The topological polar surface area (TPSA) is 58.1 Å². The Morgan fingerprint density at radius 1 is 1.19 bits per heavy atom. The summed E-state index contributed by atoms with van der Waals surface area (Å²) in [4.78, 5) is 23.2. The Bertz CT molecular complexity index is 698. The van der Waals surface area contributed by atoms with Crippen LogP contribution in [0.2, 0.25) is 0 Å². The van der Waals surface area contributed by atoms with Crippen LogP contribution in [0.1, 0.15) is 49.7 Å². The molecule has 1 amide bonds. The van der Waals surface area contributed by atoms with Crippen molar-refractivity contribution in [2.75, 3.05) is 11.9 Å². The molecular weight excluding hydrogens is 324 g/mol.